The Hall–Kier alpha value is -0.255. The van der Waals surface area contributed by atoms with E-state index in [0.717, 1.165) is 0 Å². The van der Waals surface area contributed by atoms with Gasteiger partial charge in [0.25, 0.3) is 0 Å². The van der Waals surface area contributed by atoms with Gasteiger partial charge in [0.2, 0.25) is 0 Å². The molecule has 0 saturated carbocycles. The number of hydrogen-bond donors (Lipinski definition) is 7. The predicted molar refractivity (Wildman–Crippen MR) is 47.3 cm³/mol. The van der Waals surface area contributed by atoms with Gasteiger partial charge in [-0.25, -0.2) is 0 Å². The maximum absolute atomic E-state index is 9.19. The smallest absolute Gasteiger partial charge is 0.402 e. The van der Waals surface area contributed by atoms with Crippen LogP contribution in [0.4, 0.5) is 0 Å². The minimum absolute atomic E-state index is 0.645. The minimum atomic E-state index is -2.10. The molecule has 90 valence electrons. The van der Waals surface area contributed by atoms with Crippen molar-refractivity contribution in [1.82, 2.24) is 0 Å². The third kappa shape index (κ3) is 5.40. The maximum Gasteiger partial charge on any atom is 0.633 e. The fourth-order valence-corrected chi connectivity index (χ4v) is 0.846. The van der Waals surface area contributed by atoms with Gasteiger partial charge >= 0.3 is 7.32 Å². The van der Waals surface area contributed by atoms with Crippen molar-refractivity contribution in [2.75, 3.05) is 13.2 Å². The summed E-state index contributed by atoms with van der Waals surface area (Å²) in [6, 6.07) is 0. The van der Waals surface area contributed by atoms with Gasteiger partial charge in [0, 0.05) is 0 Å². The molecule has 0 saturated heterocycles. The highest BCUT2D eigenvalue weighted by molar-refractivity contribution is 6.32. The largest absolute Gasteiger partial charge is 0.633 e. The van der Waals surface area contributed by atoms with Crippen LogP contribution in [0.15, 0.2) is 0 Å². The highest BCUT2D eigenvalue weighted by Crippen LogP contribution is 2.05. The monoisotopic (exact) mass is 226 g/mol. The Morgan fingerprint density at radius 3 is 1.80 bits per heavy atom. The SMILES string of the molecule is OC[C@@H](O)[C@@H](O)[C@H](O)[C@H](O)COB(O)O. The van der Waals surface area contributed by atoms with Gasteiger partial charge in [-0.1, -0.05) is 0 Å². The molecule has 0 aliphatic heterocycles. The van der Waals surface area contributed by atoms with Crippen LogP contribution in [0.25, 0.3) is 0 Å². The fraction of sp³-hybridized carbons (Fsp3) is 1.00. The zero-order valence-electron chi connectivity index (χ0n) is 7.84. The molecule has 0 spiro atoms. The Morgan fingerprint density at radius 1 is 0.933 bits per heavy atom. The van der Waals surface area contributed by atoms with Gasteiger partial charge in [-0.2, -0.15) is 0 Å². The Labute approximate surface area is 86.2 Å². The number of aliphatic hydroxyl groups excluding tert-OH is 5. The molecule has 0 rings (SSSR count). The van der Waals surface area contributed by atoms with Crippen molar-refractivity contribution >= 4 is 7.32 Å². The van der Waals surface area contributed by atoms with Gasteiger partial charge in [-0.05, 0) is 0 Å². The molecule has 0 fully saturated rings. The summed E-state index contributed by atoms with van der Waals surface area (Å²) in [5.41, 5.74) is 0. The average molecular weight is 226 g/mol. The van der Waals surface area contributed by atoms with Gasteiger partial charge in [0.1, 0.15) is 24.4 Å². The molecule has 0 aromatic rings. The summed E-state index contributed by atoms with van der Waals surface area (Å²) in [6.45, 7) is -1.43. The number of aliphatic hydroxyl groups is 5. The summed E-state index contributed by atoms with van der Waals surface area (Å²) in [7, 11) is -2.10. The van der Waals surface area contributed by atoms with Gasteiger partial charge in [-0.3, -0.25) is 0 Å². The van der Waals surface area contributed by atoms with E-state index in [9.17, 15) is 5.11 Å². The molecule has 9 heteroatoms. The molecule has 0 aromatic carbocycles. The standard InChI is InChI=1S/C6H15BO8/c8-1-3(9)5(11)6(12)4(10)2-15-7(13)14/h3-6,8-14H,1-2H2/t3-,4-,5-,6-/m1/s1. The van der Waals surface area contributed by atoms with E-state index >= 15 is 0 Å². The maximum atomic E-state index is 9.19. The van der Waals surface area contributed by atoms with Crippen LogP contribution >= 0.6 is 0 Å². The average Bonchev–Trinajstić information content (AvgIpc) is 2.22. The summed E-state index contributed by atoms with van der Waals surface area (Å²) in [5, 5.41) is 61.3. The zero-order chi connectivity index (χ0) is 12.0. The van der Waals surface area contributed by atoms with Crippen molar-refractivity contribution in [3.05, 3.63) is 0 Å². The molecule has 0 amide bonds. The molecule has 15 heavy (non-hydrogen) atoms. The quantitative estimate of drug-likeness (QED) is 0.214. The van der Waals surface area contributed by atoms with E-state index < -0.39 is 45.0 Å². The van der Waals surface area contributed by atoms with Crippen LogP contribution in [0.2, 0.25) is 0 Å². The lowest BCUT2D eigenvalue weighted by atomic mass is 10.0. The van der Waals surface area contributed by atoms with E-state index in [1.165, 1.54) is 0 Å². The van der Waals surface area contributed by atoms with E-state index in [-0.39, 0.29) is 0 Å². The third-order valence-corrected chi connectivity index (χ3v) is 1.74. The minimum Gasteiger partial charge on any atom is -0.402 e. The van der Waals surface area contributed by atoms with Crippen LogP contribution in [0.5, 0.6) is 0 Å². The first-order valence-corrected chi connectivity index (χ1v) is 4.21. The first-order chi connectivity index (χ1) is 6.90. The zero-order valence-corrected chi connectivity index (χ0v) is 7.84. The molecular weight excluding hydrogens is 211 g/mol. The second-order valence-corrected chi connectivity index (χ2v) is 2.96. The highest BCUT2D eigenvalue weighted by atomic mass is 16.6. The molecule has 0 bridgehead atoms. The summed E-state index contributed by atoms with van der Waals surface area (Å²) in [5.74, 6) is 0. The van der Waals surface area contributed by atoms with Crippen molar-refractivity contribution in [3.8, 4) is 0 Å². The lowest BCUT2D eigenvalue weighted by molar-refractivity contribution is -0.123. The van der Waals surface area contributed by atoms with Crippen LogP contribution < -0.4 is 0 Å². The lowest BCUT2D eigenvalue weighted by Crippen LogP contribution is -2.47. The Kier molecular flexibility index (Phi) is 6.97. The summed E-state index contributed by atoms with van der Waals surface area (Å²) >= 11 is 0. The number of hydrogen-bond acceptors (Lipinski definition) is 8. The molecule has 0 heterocycles. The van der Waals surface area contributed by atoms with Crippen LogP contribution in [0.3, 0.4) is 0 Å². The molecular formula is C6H15BO8. The van der Waals surface area contributed by atoms with Crippen molar-refractivity contribution in [1.29, 1.82) is 0 Å². The fourth-order valence-electron chi connectivity index (χ4n) is 0.846. The van der Waals surface area contributed by atoms with Crippen LogP contribution in [-0.4, -0.2) is 80.5 Å². The first-order valence-electron chi connectivity index (χ1n) is 4.21. The summed E-state index contributed by atoms with van der Waals surface area (Å²) in [4.78, 5) is 0. The topological polar surface area (TPSA) is 151 Å². The summed E-state index contributed by atoms with van der Waals surface area (Å²) < 4.78 is 4.13. The molecule has 0 aliphatic rings. The van der Waals surface area contributed by atoms with E-state index in [4.69, 9.17) is 30.5 Å². The van der Waals surface area contributed by atoms with Gasteiger partial charge in [-0.15, -0.1) is 0 Å². The molecule has 0 unspecified atom stereocenters. The molecule has 8 nitrogen and oxygen atoms in total. The second-order valence-electron chi connectivity index (χ2n) is 2.96. The van der Waals surface area contributed by atoms with Crippen LogP contribution in [-0.2, 0) is 4.65 Å². The van der Waals surface area contributed by atoms with Crippen molar-refractivity contribution in [2.45, 2.75) is 24.4 Å². The van der Waals surface area contributed by atoms with E-state index in [1.54, 1.807) is 0 Å². The number of rotatable bonds is 7. The van der Waals surface area contributed by atoms with Crippen LogP contribution in [0, 0.1) is 0 Å². The van der Waals surface area contributed by atoms with Gasteiger partial charge < -0.3 is 40.2 Å². The van der Waals surface area contributed by atoms with Crippen molar-refractivity contribution < 1.29 is 40.2 Å². The Balaban J connectivity index is 4.01. The van der Waals surface area contributed by atoms with Crippen molar-refractivity contribution in [3.63, 3.8) is 0 Å². The normalized spacial score (nSPS) is 19.4. The molecule has 4 atom stereocenters. The third-order valence-electron chi connectivity index (χ3n) is 1.74. The molecule has 0 radical (unpaired) electrons. The van der Waals surface area contributed by atoms with Gasteiger partial charge in [0.05, 0.1) is 13.2 Å². The predicted octanol–water partition coefficient (Wildman–Crippen LogP) is -4.59. The molecule has 7 N–H and O–H groups in total. The van der Waals surface area contributed by atoms with Crippen molar-refractivity contribution in [2.24, 2.45) is 0 Å². The second kappa shape index (κ2) is 7.09. The first kappa shape index (κ1) is 14.7. The highest BCUT2D eigenvalue weighted by Gasteiger charge is 2.30. The molecule has 0 aliphatic carbocycles. The van der Waals surface area contributed by atoms with Gasteiger partial charge in [0.15, 0.2) is 0 Å². The van der Waals surface area contributed by atoms with E-state index in [0.29, 0.717) is 0 Å². The molecule has 0 aromatic heterocycles. The Morgan fingerprint density at radius 2 is 1.40 bits per heavy atom. The van der Waals surface area contributed by atoms with Crippen LogP contribution in [0.1, 0.15) is 0 Å². The Bertz CT molecular complexity index is 167. The van der Waals surface area contributed by atoms with E-state index in [2.05, 4.69) is 4.65 Å². The lowest BCUT2D eigenvalue weighted by Gasteiger charge is -2.25. The van der Waals surface area contributed by atoms with E-state index in [1.807, 2.05) is 0 Å². The summed E-state index contributed by atoms with van der Waals surface area (Å²) in [6.07, 6.45) is -6.76.